The molecule has 1 aliphatic heterocycles. The lowest BCUT2D eigenvalue weighted by molar-refractivity contribution is -0.123. The van der Waals surface area contributed by atoms with Gasteiger partial charge in [-0.05, 0) is 73.6 Å². The van der Waals surface area contributed by atoms with E-state index in [4.69, 9.17) is 16.3 Å². The molecule has 1 saturated heterocycles. The number of amides is 5. The molecule has 2 aromatic carbocycles. The summed E-state index contributed by atoms with van der Waals surface area (Å²) in [5, 5.41) is 7.95. The van der Waals surface area contributed by atoms with Crippen molar-refractivity contribution in [3.8, 4) is 5.75 Å². The van der Waals surface area contributed by atoms with Gasteiger partial charge in [-0.2, -0.15) is 0 Å². The second-order valence-electron chi connectivity index (χ2n) is 17.6. The first-order chi connectivity index (χ1) is 23.3. The van der Waals surface area contributed by atoms with Crippen molar-refractivity contribution in [2.24, 2.45) is 16.2 Å². The molecule has 1 atom stereocenters. The van der Waals surface area contributed by atoms with Crippen molar-refractivity contribution in [2.75, 3.05) is 15.5 Å². The van der Waals surface area contributed by atoms with Crippen molar-refractivity contribution in [3.63, 3.8) is 0 Å². The number of hydrogen-bond acceptors (Lipinski definition) is 6. The second kappa shape index (κ2) is 15.4. The Morgan fingerprint density at radius 2 is 1.53 bits per heavy atom. The van der Waals surface area contributed by atoms with Gasteiger partial charge in [0, 0.05) is 12.3 Å². The first-order valence-electron chi connectivity index (χ1n) is 17.7. The highest BCUT2D eigenvalue weighted by atomic mass is 35.5. The van der Waals surface area contributed by atoms with Gasteiger partial charge in [-0.1, -0.05) is 99.4 Å². The molecule has 0 radical (unpaired) electrons. The van der Waals surface area contributed by atoms with E-state index in [0.29, 0.717) is 18.6 Å². The number of nitrogens with zero attached hydrogens (tertiary/aromatic N) is 1. The number of ketones is 1. The SMILES string of the molecule is CCCCC(Oc1ccc(CC(C)(C)C)cc1CC(C)(C)C)C(=O)Nc1cc(NC(C)=O)c(Cl)c(N2C(=O)NC(C)(C)C2=O)c1C(=O)C(C)(C)C. The normalized spacial score (nSPS) is 15.4. The number of imide groups is 1. The minimum Gasteiger partial charge on any atom is -0.480 e. The average molecular weight is 725 g/mol. The van der Waals surface area contributed by atoms with Crippen LogP contribution in [-0.4, -0.2) is 41.2 Å². The van der Waals surface area contributed by atoms with E-state index in [2.05, 4.69) is 63.6 Å². The number of hydrogen-bond donors (Lipinski definition) is 3. The summed E-state index contributed by atoms with van der Waals surface area (Å²) >= 11 is 6.85. The Hall–Kier alpha value is -3.92. The van der Waals surface area contributed by atoms with Crippen LogP contribution in [0.2, 0.25) is 5.02 Å². The average Bonchev–Trinajstić information content (AvgIpc) is 3.15. The summed E-state index contributed by atoms with van der Waals surface area (Å²) in [7, 11) is 0. The molecule has 10 nitrogen and oxygen atoms in total. The monoisotopic (exact) mass is 724 g/mol. The van der Waals surface area contributed by atoms with E-state index in [1.807, 2.05) is 19.1 Å². The fourth-order valence-corrected chi connectivity index (χ4v) is 6.25. The smallest absolute Gasteiger partial charge is 0.329 e. The van der Waals surface area contributed by atoms with Crippen molar-refractivity contribution in [2.45, 2.75) is 134 Å². The molecule has 0 spiro atoms. The molecule has 5 amide bonds. The molecule has 3 rings (SSSR count). The van der Waals surface area contributed by atoms with Gasteiger partial charge >= 0.3 is 6.03 Å². The van der Waals surface area contributed by atoms with Crippen LogP contribution >= 0.6 is 11.6 Å². The molecule has 1 aliphatic rings. The van der Waals surface area contributed by atoms with Crippen LogP contribution in [0.1, 0.15) is 131 Å². The Morgan fingerprint density at radius 3 is 2.02 bits per heavy atom. The van der Waals surface area contributed by atoms with Crippen molar-refractivity contribution in [1.29, 1.82) is 0 Å². The Bertz CT molecular complexity index is 1690. The molecule has 0 saturated carbocycles. The first kappa shape index (κ1) is 41.5. The Labute approximate surface area is 308 Å². The van der Waals surface area contributed by atoms with Crippen molar-refractivity contribution < 1.29 is 28.7 Å². The largest absolute Gasteiger partial charge is 0.480 e. The van der Waals surface area contributed by atoms with Gasteiger partial charge < -0.3 is 20.7 Å². The Morgan fingerprint density at radius 1 is 0.922 bits per heavy atom. The van der Waals surface area contributed by atoms with Crippen LogP contribution in [0.25, 0.3) is 0 Å². The van der Waals surface area contributed by atoms with Crippen LogP contribution in [0.4, 0.5) is 21.9 Å². The molecule has 280 valence electrons. The highest BCUT2D eigenvalue weighted by molar-refractivity contribution is 6.41. The number of nitrogens with one attached hydrogen (secondary N) is 3. The van der Waals surface area contributed by atoms with Gasteiger partial charge in [0.05, 0.1) is 27.6 Å². The number of halogens is 1. The van der Waals surface area contributed by atoms with Gasteiger partial charge in [-0.15, -0.1) is 0 Å². The Balaban J connectivity index is 2.23. The first-order valence-corrected chi connectivity index (χ1v) is 18.1. The topological polar surface area (TPSA) is 134 Å². The van der Waals surface area contributed by atoms with Gasteiger partial charge in [0.2, 0.25) is 5.91 Å². The van der Waals surface area contributed by atoms with E-state index >= 15 is 0 Å². The zero-order chi connectivity index (χ0) is 38.9. The molecule has 3 N–H and O–H groups in total. The highest BCUT2D eigenvalue weighted by Gasteiger charge is 2.48. The Kier molecular flexibility index (Phi) is 12.5. The molecule has 11 heteroatoms. The third kappa shape index (κ3) is 10.6. The number of ether oxygens (including phenoxy) is 1. The number of anilines is 3. The molecule has 0 aliphatic carbocycles. The number of urea groups is 1. The standard InChI is InChI=1S/C40H57ClN4O6/c1-14-15-16-29(51-28-18-17-24(21-37(3,4)5)19-25(28)22-38(6,7)8)34(48)43-26-20-27(42-23(2)46)31(41)32(30(26)33(47)39(9,10)11)45-35(49)40(12,13)44-36(45)50/h17-20,29H,14-16,21-22H2,1-13H3,(H,42,46)(H,43,48)(H,44,50). The minimum atomic E-state index is -1.30. The highest BCUT2D eigenvalue weighted by Crippen LogP contribution is 2.45. The number of rotatable bonds is 12. The van der Waals surface area contributed by atoms with Crippen molar-refractivity contribution in [3.05, 3.63) is 46.0 Å². The summed E-state index contributed by atoms with van der Waals surface area (Å²) in [6, 6.07) is 6.71. The summed E-state index contributed by atoms with van der Waals surface area (Å²) in [5.41, 5.74) is -0.510. The molecule has 1 heterocycles. The molecule has 2 aromatic rings. The van der Waals surface area contributed by atoms with E-state index in [1.165, 1.54) is 32.4 Å². The zero-order valence-corrected chi connectivity index (χ0v) is 33.5. The van der Waals surface area contributed by atoms with Crippen LogP contribution < -0.4 is 25.6 Å². The van der Waals surface area contributed by atoms with Crippen LogP contribution in [0.5, 0.6) is 5.75 Å². The maximum absolute atomic E-state index is 14.4. The van der Waals surface area contributed by atoms with E-state index < -0.39 is 46.6 Å². The lowest BCUT2D eigenvalue weighted by atomic mass is 9.84. The number of carbonyl (C=O) groups is 5. The minimum absolute atomic E-state index is 0.0122. The van der Waals surface area contributed by atoms with Gasteiger partial charge in [-0.3, -0.25) is 19.2 Å². The summed E-state index contributed by atoms with van der Waals surface area (Å²) in [6.45, 7) is 24.4. The second-order valence-corrected chi connectivity index (χ2v) is 18.0. The molecule has 1 fully saturated rings. The van der Waals surface area contributed by atoms with Crippen LogP contribution in [-0.2, 0) is 27.2 Å². The van der Waals surface area contributed by atoms with Gasteiger partial charge in [0.25, 0.3) is 11.8 Å². The number of benzene rings is 2. The fourth-order valence-electron chi connectivity index (χ4n) is 5.97. The predicted octanol–water partition coefficient (Wildman–Crippen LogP) is 9.12. The fraction of sp³-hybridized carbons (Fsp3) is 0.575. The van der Waals surface area contributed by atoms with Crippen LogP contribution in [0.15, 0.2) is 24.3 Å². The zero-order valence-electron chi connectivity index (χ0n) is 32.7. The lowest BCUT2D eigenvalue weighted by Gasteiger charge is -2.28. The van der Waals surface area contributed by atoms with Gasteiger partial charge in [0.15, 0.2) is 11.9 Å². The third-order valence-electron chi connectivity index (χ3n) is 8.26. The van der Waals surface area contributed by atoms with E-state index in [0.717, 1.165) is 29.7 Å². The predicted molar refractivity (Wildman–Crippen MR) is 205 cm³/mol. The number of Topliss-reactive ketones (excluding diaryl/α,β-unsaturated/α-hetero) is 1. The van der Waals surface area contributed by atoms with E-state index in [-0.39, 0.29) is 38.5 Å². The molecule has 0 aromatic heterocycles. The van der Waals surface area contributed by atoms with Crippen molar-refractivity contribution in [1.82, 2.24) is 5.32 Å². The molecular formula is C40H57ClN4O6. The summed E-state index contributed by atoms with van der Waals surface area (Å²) < 4.78 is 6.57. The number of unbranched alkanes of at least 4 members (excludes halogenated alkanes) is 1. The third-order valence-corrected chi connectivity index (χ3v) is 8.64. The summed E-state index contributed by atoms with van der Waals surface area (Å²) in [4.78, 5) is 68.7. The van der Waals surface area contributed by atoms with Crippen LogP contribution in [0, 0.1) is 16.2 Å². The molecule has 51 heavy (non-hydrogen) atoms. The lowest BCUT2D eigenvalue weighted by Crippen LogP contribution is -2.40. The maximum atomic E-state index is 14.4. The summed E-state index contributed by atoms with van der Waals surface area (Å²) in [6.07, 6.45) is 2.50. The molecule has 0 bridgehead atoms. The quantitative estimate of drug-likeness (QED) is 0.148. The molecule has 1 unspecified atom stereocenters. The maximum Gasteiger partial charge on any atom is 0.329 e. The molecular weight excluding hydrogens is 668 g/mol. The van der Waals surface area contributed by atoms with Crippen molar-refractivity contribution >= 4 is 58.2 Å². The summed E-state index contributed by atoms with van der Waals surface area (Å²) in [5.74, 6) is -1.56. The van der Waals surface area contributed by atoms with Gasteiger partial charge in [-0.25, -0.2) is 9.69 Å². The van der Waals surface area contributed by atoms with E-state index in [1.54, 1.807) is 20.8 Å². The van der Waals surface area contributed by atoms with Crippen LogP contribution in [0.3, 0.4) is 0 Å². The van der Waals surface area contributed by atoms with Gasteiger partial charge in [0.1, 0.15) is 11.3 Å². The number of carbonyl (C=O) groups excluding carboxylic acids is 5. The van der Waals surface area contributed by atoms with E-state index in [9.17, 15) is 24.0 Å².